The maximum Gasteiger partial charge on any atom is -0.000778 e. The number of hydrogen-bond acceptors (Lipinski definition) is 0. The minimum absolute atomic E-state index is 0.208. The van der Waals surface area contributed by atoms with E-state index in [9.17, 15) is 0 Å². The Morgan fingerprint density at radius 2 is 1.00 bits per heavy atom. The van der Waals surface area contributed by atoms with E-state index in [0.29, 0.717) is 0 Å². The highest BCUT2D eigenvalue weighted by molar-refractivity contribution is 5.80. The first-order valence-electron chi connectivity index (χ1n) is 9.90. The second-order valence-electron chi connectivity index (χ2n) is 9.62. The lowest BCUT2D eigenvalue weighted by Crippen LogP contribution is -2.16. The largest absolute Gasteiger partial charge is 0.0613 e. The Bertz CT molecular complexity index is 738. The van der Waals surface area contributed by atoms with Crippen LogP contribution in [0.2, 0.25) is 0 Å². The lowest BCUT2D eigenvalue weighted by atomic mass is 9.80. The highest BCUT2D eigenvalue weighted by atomic mass is 14.3. The molecular formula is C25H34. The van der Waals surface area contributed by atoms with E-state index in [2.05, 4.69) is 79.7 Å². The predicted octanol–water partition coefficient (Wildman–Crippen LogP) is 6.98. The van der Waals surface area contributed by atoms with Gasteiger partial charge >= 0.3 is 0 Å². The average Bonchev–Trinajstić information content (AvgIpc) is 2.89. The Morgan fingerprint density at radius 3 is 1.28 bits per heavy atom. The third kappa shape index (κ3) is 2.94. The summed E-state index contributed by atoms with van der Waals surface area (Å²) in [6, 6.07) is 9.54. The van der Waals surface area contributed by atoms with E-state index in [4.69, 9.17) is 0 Å². The van der Waals surface area contributed by atoms with Gasteiger partial charge in [0, 0.05) is 0 Å². The fourth-order valence-electron chi connectivity index (χ4n) is 4.68. The molecule has 1 aliphatic carbocycles. The van der Waals surface area contributed by atoms with Gasteiger partial charge in [-0.3, -0.25) is 0 Å². The van der Waals surface area contributed by atoms with Crippen molar-refractivity contribution in [3.63, 3.8) is 0 Å². The van der Waals surface area contributed by atoms with Crippen LogP contribution in [-0.4, -0.2) is 0 Å². The summed E-state index contributed by atoms with van der Waals surface area (Å²) in [5, 5.41) is 0. The maximum atomic E-state index is 2.39. The van der Waals surface area contributed by atoms with Crippen LogP contribution < -0.4 is 0 Å². The number of benzene rings is 2. The van der Waals surface area contributed by atoms with Gasteiger partial charge in [-0.15, -0.1) is 0 Å². The van der Waals surface area contributed by atoms with Gasteiger partial charge in [0.1, 0.15) is 0 Å². The van der Waals surface area contributed by atoms with Gasteiger partial charge in [0.25, 0.3) is 0 Å². The van der Waals surface area contributed by atoms with Crippen LogP contribution in [0.15, 0.2) is 24.3 Å². The molecule has 0 N–H and O–H groups in total. The molecule has 0 atom stereocenters. The molecule has 134 valence electrons. The Kier molecular flexibility index (Phi) is 4.38. The Balaban J connectivity index is 2.24. The molecule has 0 unspecified atom stereocenters. The second-order valence-corrected chi connectivity index (χ2v) is 9.62. The number of fused-ring (bicyclic) bond motifs is 3. The summed E-state index contributed by atoms with van der Waals surface area (Å²) >= 11 is 0. The zero-order valence-electron chi connectivity index (χ0n) is 17.4. The van der Waals surface area contributed by atoms with Crippen molar-refractivity contribution in [2.24, 2.45) is 0 Å². The average molecular weight is 335 g/mol. The van der Waals surface area contributed by atoms with Crippen molar-refractivity contribution >= 4 is 0 Å². The van der Waals surface area contributed by atoms with Gasteiger partial charge in [0.15, 0.2) is 0 Å². The van der Waals surface area contributed by atoms with E-state index in [0.717, 1.165) is 19.3 Å². The molecule has 2 aromatic carbocycles. The zero-order valence-corrected chi connectivity index (χ0v) is 17.4. The third-order valence-electron chi connectivity index (χ3n) is 5.83. The fourth-order valence-corrected chi connectivity index (χ4v) is 4.68. The van der Waals surface area contributed by atoms with Gasteiger partial charge < -0.3 is 0 Å². The van der Waals surface area contributed by atoms with Crippen molar-refractivity contribution < 1.29 is 0 Å². The van der Waals surface area contributed by atoms with Crippen molar-refractivity contribution in [1.82, 2.24) is 0 Å². The van der Waals surface area contributed by atoms with E-state index in [1.54, 1.807) is 22.3 Å². The molecule has 0 amide bonds. The molecule has 0 heteroatoms. The summed E-state index contributed by atoms with van der Waals surface area (Å²) in [5.74, 6) is 0. The number of hydrogen-bond donors (Lipinski definition) is 0. The molecular weight excluding hydrogens is 300 g/mol. The van der Waals surface area contributed by atoms with Gasteiger partial charge in [-0.05, 0) is 74.6 Å². The van der Waals surface area contributed by atoms with E-state index in [-0.39, 0.29) is 10.8 Å². The van der Waals surface area contributed by atoms with Crippen molar-refractivity contribution in [1.29, 1.82) is 0 Å². The Hall–Kier alpha value is -1.56. The molecule has 0 bridgehead atoms. The summed E-state index contributed by atoms with van der Waals surface area (Å²) in [6.07, 6.45) is 3.36. The van der Waals surface area contributed by atoms with Gasteiger partial charge in [0.2, 0.25) is 0 Å². The van der Waals surface area contributed by atoms with Crippen molar-refractivity contribution in [2.75, 3.05) is 0 Å². The molecule has 0 saturated heterocycles. The van der Waals surface area contributed by atoms with Crippen molar-refractivity contribution in [3.05, 3.63) is 57.6 Å². The highest BCUT2D eigenvalue weighted by Crippen LogP contribution is 2.45. The molecule has 0 aromatic heterocycles. The lowest BCUT2D eigenvalue weighted by molar-refractivity contribution is 0.581. The Labute approximate surface area is 154 Å². The predicted molar refractivity (Wildman–Crippen MR) is 111 cm³/mol. The van der Waals surface area contributed by atoms with Crippen LogP contribution in [-0.2, 0) is 30.1 Å². The molecule has 0 spiro atoms. The van der Waals surface area contributed by atoms with Crippen LogP contribution in [0.5, 0.6) is 0 Å². The molecule has 0 heterocycles. The second kappa shape index (κ2) is 6.01. The summed E-state index contributed by atoms with van der Waals surface area (Å²) in [6.45, 7) is 18.7. The molecule has 3 rings (SSSR count). The van der Waals surface area contributed by atoms with Crippen molar-refractivity contribution in [3.8, 4) is 11.1 Å². The summed E-state index contributed by atoms with van der Waals surface area (Å²) in [5.41, 5.74) is 12.8. The minimum Gasteiger partial charge on any atom is -0.0613 e. The molecule has 0 aliphatic heterocycles. The van der Waals surface area contributed by atoms with Crippen LogP contribution >= 0.6 is 0 Å². The molecule has 0 saturated carbocycles. The lowest BCUT2D eigenvalue weighted by Gasteiger charge is -2.25. The summed E-state index contributed by atoms with van der Waals surface area (Å²) < 4.78 is 0. The quantitative estimate of drug-likeness (QED) is 0.474. The first-order chi connectivity index (χ1) is 11.6. The van der Waals surface area contributed by atoms with Gasteiger partial charge in [-0.1, -0.05) is 79.7 Å². The fraction of sp³-hybridized carbons (Fsp3) is 0.520. The van der Waals surface area contributed by atoms with Gasteiger partial charge in [0.05, 0.1) is 0 Å². The first kappa shape index (κ1) is 18.2. The molecule has 1 aliphatic rings. The minimum atomic E-state index is 0.208. The zero-order chi connectivity index (χ0) is 18.6. The van der Waals surface area contributed by atoms with E-state index >= 15 is 0 Å². The Morgan fingerprint density at radius 1 is 0.640 bits per heavy atom. The van der Waals surface area contributed by atoms with Crippen LogP contribution in [0.25, 0.3) is 11.1 Å². The SMILES string of the molecule is CCc1c(C(C)(C)C)ccc2c1Cc1c-2ccc(C(C)(C)C)c1CC. The number of rotatable bonds is 2. The van der Waals surface area contributed by atoms with Crippen molar-refractivity contribution in [2.45, 2.75) is 85.5 Å². The monoisotopic (exact) mass is 334 g/mol. The van der Waals surface area contributed by atoms with Crippen LogP contribution in [0.1, 0.15) is 88.8 Å². The van der Waals surface area contributed by atoms with E-state index < -0.39 is 0 Å². The highest BCUT2D eigenvalue weighted by Gasteiger charge is 2.29. The molecule has 2 aromatic rings. The normalized spacial score (nSPS) is 13.8. The van der Waals surface area contributed by atoms with E-state index in [1.807, 2.05) is 0 Å². The molecule has 0 radical (unpaired) electrons. The van der Waals surface area contributed by atoms with Gasteiger partial charge in [-0.25, -0.2) is 0 Å². The van der Waals surface area contributed by atoms with E-state index in [1.165, 1.54) is 22.3 Å². The molecule has 0 fully saturated rings. The maximum absolute atomic E-state index is 2.39. The van der Waals surface area contributed by atoms with Crippen LogP contribution in [0, 0.1) is 0 Å². The summed E-state index contributed by atoms with van der Waals surface area (Å²) in [7, 11) is 0. The third-order valence-corrected chi connectivity index (χ3v) is 5.83. The molecule has 25 heavy (non-hydrogen) atoms. The van der Waals surface area contributed by atoms with Gasteiger partial charge in [-0.2, -0.15) is 0 Å². The smallest absolute Gasteiger partial charge is 0.000778 e. The molecule has 0 nitrogen and oxygen atoms in total. The summed E-state index contributed by atoms with van der Waals surface area (Å²) in [4.78, 5) is 0. The van der Waals surface area contributed by atoms with Crippen LogP contribution in [0.4, 0.5) is 0 Å². The standard InChI is InChI=1S/C25H34/c1-9-16-20-15-21-17(10-2)23(25(6,7)8)14-12-19(21)18(20)11-13-22(16)24(3,4)5/h11-14H,9-10,15H2,1-8H3. The topological polar surface area (TPSA) is 0 Å². The van der Waals surface area contributed by atoms with Crippen LogP contribution in [0.3, 0.4) is 0 Å². The first-order valence-corrected chi connectivity index (χ1v) is 9.90.